The number of pyridine rings is 2. The molecule has 0 aliphatic rings. The molecule has 7 heteroatoms. The third-order valence-corrected chi connectivity index (χ3v) is 13.8. The number of imidazole rings is 1. The first kappa shape index (κ1) is 46.5. The van der Waals surface area contributed by atoms with Gasteiger partial charge in [-0.05, 0) is 87.5 Å². The monoisotopic (exact) mass is 1040 g/mol. The molecule has 4 aromatic heterocycles. The van der Waals surface area contributed by atoms with E-state index in [2.05, 4.69) is 178 Å². The second-order valence-corrected chi connectivity index (χ2v) is 25.5. The Balaban J connectivity index is 0.000000236. The van der Waals surface area contributed by atoms with Gasteiger partial charge in [-0.15, -0.1) is 54.1 Å². The Morgan fingerprint density at radius 3 is 2.14 bits per heavy atom. The second-order valence-electron chi connectivity index (χ2n) is 20.5. The topological polar surface area (TPSA) is 56.7 Å². The zero-order valence-corrected chi connectivity index (χ0v) is 42.8. The Hall–Kier alpha value is -5.46. The predicted molar refractivity (Wildman–Crippen MR) is 268 cm³/mol. The molecule has 0 aliphatic heterocycles. The van der Waals surface area contributed by atoms with Crippen molar-refractivity contribution < 1.29 is 24.5 Å². The van der Waals surface area contributed by atoms with Crippen LogP contribution in [0.2, 0.25) is 19.6 Å². The van der Waals surface area contributed by atoms with Crippen LogP contribution >= 0.6 is 0 Å². The van der Waals surface area contributed by atoms with Crippen LogP contribution in [0.3, 0.4) is 0 Å². The molecule has 1 radical (unpaired) electrons. The molecule has 5 aromatic carbocycles. The standard InChI is InChI=1S/C38H34N3O.C19H26NSi.Ir/c1-23(2)30-21-26(25-13-8-7-9-14-25)22-31(38(4,5)6)35(30)41-34-24(3)39-20-19-32(34)40-37(41)29-17-12-16-28-27-15-10-11-18-33(27)42-36(28)29;1-19(2,3)13-16-12-17(15-10-8-7-9-11-15)20-14-18(16)21(4,5)6;/h7-16,18-23H,1-6H3;7-10,12,14H,13H2,1-6H3;/q2*-1;. The van der Waals surface area contributed by atoms with Gasteiger partial charge in [-0.3, -0.25) is 9.97 Å². The molecular formula is C57H60IrN4OSi-2. The van der Waals surface area contributed by atoms with E-state index in [1.807, 2.05) is 48.7 Å². The molecule has 0 fully saturated rings. The maximum atomic E-state index is 6.51. The van der Waals surface area contributed by atoms with Gasteiger partial charge < -0.3 is 14.0 Å². The first-order valence-electron chi connectivity index (χ1n) is 22.3. The van der Waals surface area contributed by atoms with E-state index in [0.29, 0.717) is 0 Å². The average Bonchev–Trinajstić information content (AvgIpc) is 3.82. The number of rotatable bonds is 7. The summed E-state index contributed by atoms with van der Waals surface area (Å²) in [6, 6.07) is 46.8. The zero-order valence-electron chi connectivity index (χ0n) is 39.4. The summed E-state index contributed by atoms with van der Waals surface area (Å²) in [7, 11) is -1.37. The van der Waals surface area contributed by atoms with Gasteiger partial charge in [0, 0.05) is 43.6 Å². The number of para-hydroxylation sites is 1. The molecule has 0 aliphatic carbocycles. The Kier molecular flexibility index (Phi) is 13.2. The molecule has 5 nitrogen and oxygen atoms in total. The van der Waals surface area contributed by atoms with Crippen molar-refractivity contribution in [2.45, 2.75) is 99.7 Å². The van der Waals surface area contributed by atoms with E-state index in [1.54, 1.807) is 0 Å². The van der Waals surface area contributed by atoms with Gasteiger partial charge in [0.2, 0.25) is 0 Å². The fraction of sp³-hybridized carbons (Fsp3) is 0.281. The predicted octanol–water partition coefficient (Wildman–Crippen LogP) is 14.9. The van der Waals surface area contributed by atoms with Crippen molar-refractivity contribution in [3.05, 3.63) is 162 Å². The Morgan fingerprint density at radius 1 is 0.750 bits per heavy atom. The molecule has 0 N–H and O–H groups in total. The molecule has 0 spiro atoms. The third-order valence-electron chi connectivity index (χ3n) is 11.7. The molecule has 9 rings (SSSR count). The van der Waals surface area contributed by atoms with E-state index in [4.69, 9.17) is 19.4 Å². The Labute approximate surface area is 394 Å². The van der Waals surface area contributed by atoms with Gasteiger partial charge in [0.25, 0.3) is 0 Å². The van der Waals surface area contributed by atoms with E-state index >= 15 is 0 Å². The molecular weight excluding hydrogens is 977 g/mol. The summed E-state index contributed by atoms with van der Waals surface area (Å²) in [6.07, 6.45) is 5.05. The summed E-state index contributed by atoms with van der Waals surface area (Å²) in [5, 5.41) is 3.64. The fourth-order valence-electron chi connectivity index (χ4n) is 8.73. The number of furan rings is 1. The summed E-state index contributed by atoms with van der Waals surface area (Å²) in [6.45, 7) is 27.6. The number of fused-ring (bicyclic) bond motifs is 4. The largest absolute Gasteiger partial charge is 0.501 e. The van der Waals surface area contributed by atoms with Crippen LogP contribution in [0.25, 0.3) is 72.4 Å². The molecule has 329 valence electrons. The van der Waals surface area contributed by atoms with Crippen LogP contribution in [-0.2, 0) is 31.9 Å². The number of hydrogen-bond acceptors (Lipinski definition) is 4. The molecule has 0 amide bonds. The van der Waals surface area contributed by atoms with E-state index in [1.165, 1.54) is 33.0 Å². The maximum absolute atomic E-state index is 6.51. The van der Waals surface area contributed by atoms with Crippen molar-refractivity contribution >= 4 is 46.2 Å². The van der Waals surface area contributed by atoms with Crippen molar-refractivity contribution in [3.8, 4) is 39.5 Å². The minimum Gasteiger partial charge on any atom is -0.501 e. The quantitative estimate of drug-likeness (QED) is 0.118. The van der Waals surface area contributed by atoms with Crippen LogP contribution in [0, 0.1) is 24.5 Å². The minimum absolute atomic E-state index is 0. The van der Waals surface area contributed by atoms with E-state index in [-0.39, 0.29) is 36.9 Å². The van der Waals surface area contributed by atoms with Crippen LogP contribution < -0.4 is 5.19 Å². The Bertz CT molecular complexity index is 3070. The maximum Gasteiger partial charge on any atom is 0.120 e. The van der Waals surface area contributed by atoms with Crippen molar-refractivity contribution in [1.29, 1.82) is 0 Å². The number of aryl methyl sites for hydroxylation is 1. The smallest absolute Gasteiger partial charge is 0.120 e. The third kappa shape index (κ3) is 9.49. The van der Waals surface area contributed by atoms with Gasteiger partial charge in [-0.1, -0.05) is 146 Å². The van der Waals surface area contributed by atoms with Crippen LogP contribution in [0.15, 0.2) is 132 Å². The van der Waals surface area contributed by atoms with Crippen molar-refractivity contribution in [2.75, 3.05) is 0 Å². The summed E-state index contributed by atoms with van der Waals surface area (Å²) in [4.78, 5) is 14.7. The van der Waals surface area contributed by atoms with Gasteiger partial charge >= 0.3 is 0 Å². The van der Waals surface area contributed by atoms with E-state index in [0.717, 1.165) is 73.4 Å². The number of benzene rings is 5. The van der Waals surface area contributed by atoms with Gasteiger partial charge in [-0.25, -0.2) is 0 Å². The van der Waals surface area contributed by atoms with Gasteiger partial charge in [0.1, 0.15) is 5.58 Å². The molecule has 64 heavy (non-hydrogen) atoms. The van der Waals surface area contributed by atoms with Crippen molar-refractivity contribution in [1.82, 2.24) is 19.5 Å². The second kappa shape index (κ2) is 18.2. The molecule has 0 atom stereocenters. The van der Waals surface area contributed by atoms with Crippen LogP contribution in [0.1, 0.15) is 83.7 Å². The normalized spacial score (nSPS) is 12.1. The minimum atomic E-state index is -1.37. The molecule has 0 saturated heterocycles. The number of nitrogens with zero attached hydrogens (tertiary/aromatic N) is 4. The molecule has 0 bridgehead atoms. The fourth-order valence-corrected chi connectivity index (χ4v) is 10.3. The van der Waals surface area contributed by atoms with Crippen LogP contribution in [-0.4, -0.2) is 27.6 Å². The molecule has 0 saturated carbocycles. The summed E-state index contributed by atoms with van der Waals surface area (Å²) >= 11 is 0. The summed E-state index contributed by atoms with van der Waals surface area (Å²) in [5.74, 6) is 1.07. The Morgan fingerprint density at radius 2 is 1.47 bits per heavy atom. The molecule has 4 heterocycles. The first-order chi connectivity index (χ1) is 29.9. The van der Waals surface area contributed by atoms with Crippen LogP contribution in [0.5, 0.6) is 0 Å². The van der Waals surface area contributed by atoms with Crippen molar-refractivity contribution in [3.63, 3.8) is 0 Å². The average molecular weight is 1040 g/mol. The first-order valence-corrected chi connectivity index (χ1v) is 25.8. The van der Waals surface area contributed by atoms with Crippen molar-refractivity contribution in [2.24, 2.45) is 5.41 Å². The summed E-state index contributed by atoms with van der Waals surface area (Å²) in [5.41, 5.74) is 15.2. The number of hydrogen-bond donors (Lipinski definition) is 0. The number of aromatic nitrogens is 4. The van der Waals surface area contributed by atoms with Gasteiger partial charge in [0.05, 0.1) is 36.2 Å². The zero-order chi connectivity index (χ0) is 44.8. The SMILES string of the molecule is CC(C)(C)Cc1cc(-c2[c-]cccc2)ncc1[Si](C)(C)C.Cc1nccc2nc(-c3[c-]ccc4c3oc3ccccc34)n(-c3c(C(C)C)cc(-c4ccccc4)cc3C(C)(C)C)c12.[Ir]. The molecule has 0 unspecified atom stereocenters. The van der Waals surface area contributed by atoms with E-state index in [9.17, 15) is 0 Å². The molecule has 9 aromatic rings. The van der Waals surface area contributed by atoms with Crippen LogP contribution in [0.4, 0.5) is 0 Å². The van der Waals surface area contributed by atoms with Gasteiger partial charge in [0.15, 0.2) is 0 Å². The van der Waals surface area contributed by atoms with E-state index < -0.39 is 8.07 Å². The summed E-state index contributed by atoms with van der Waals surface area (Å²) < 4.78 is 8.84. The van der Waals surface area contributed by atoms with Gasteiger partial charge in [-0.2, -0.15) is 0 Å².